The van der Waals surface area contributed by atoms with Gasteiger partial charge < -0.3 is 18.9 Å². The van der Waals surface area contributed by atoms with E-state index in [1.807, 2.05) is 19.1 Å². The van der Waals surface area contributed by atoms with Crippen LogP contribution in [0.1, 0.15) is 32.6 Å². The Kier molecular flexibility index (Phi) is 5.97. The highest BCUT2D eigenvalue weighted by molar-refractivity contribution is 6.42. The summed E-state index contributed by atoms with van der Waals surface area (Å²) in [6.07, 6.45) is 1.65. The van der Waals surface area contributed by atoms with E-state index in [1.165, 1.54) is 0 Å². The molecule has 0 bridgehead atoms. The summed E-state index contributed by atoms with van der Waals surface area (Å²) in [6, 6.07) is 12.3. The summed E-state index contributed by atoms with van der Waals surface area (Å²) >= 11 is 18.3. The minimum Gasteiger partial charge on any atom is -0.489 e. The van der Waals surface area contributed by atoms with Gasteiger partial charge in [0.25, 0.3) is 0 Å². The van der Waals surface area contributed by atoms with Crippen LogP contribution in [0.25, 0.3) is 6.08 Å². The molecular weight excluding hydrogens is 487 g/mol. The van der Waals surface area contributed by atoms with Gasteiger partial charge in [0.2, 0.25) is 5.78 Å². The Labute approximate surface area is 205 Å². The van der Waals surface area contributed by atoms with Gasteiger partial charge in [-0.1, -0.05) is 40.9 Å². The maximum atomic E-state index is 13.1. The molecule has 2 aliphatic rings. The van der Waals surface area contributed by atoms with Crippen LogP contribution in [-0.4, -0.2) is 12.6 Å². The molecule has 5 nitrogen and oxygen atoms in total. The van der Waals surface area contributed by atoms with Gasteiger partial charge in [-0.2, -0.15) is 0 Å². The fourth-order valence-electron chi connectivity index (χ4n) is 3.81. The van der Waals surface area contributed by atoms with Gasteiger partial charge in [0.05, 0.1) is 22.2 Å². The van der Waals surface area contributed by atoms with Gasteiger partial charge in [-0.15, -0.1) is 0 Å². The Hall–Kier alpha value is -2.70. The number of ether oxygens (including phenoxy) is 4. The van der Waals surface area contributed by atoms with Gasteiger partial charge >= 0.3 is 0 Å². The first kappa shape index (κ1) is 22.1. The second kappa shape index (κ2) is 8.92. The van der Waals surface area contributed by atoms with Crippen molar-refractivity contribution in [2.24, 2.45) is 0 Å². The summed E-state index contributed by atoms with van der Waals surface area (Å²) in [7, 11) is 0. The first-order valence-electron chi connectivity index (χ1n) is 10.1. The molecule has 0 amide bonds. The number of aryl methyl sites for hydroxylation is 1. The summed E-state index contributed by atoms with van der Waals surface area (Å²) in [5.74, 6) is 1.63. The summed E-state index contributed by atoms with van der Waals surface area (Å²) in [5.41, 5.74) is 3.60. The van der Waals surface area contributed by atoms with E-state index < -0.39 is 0 Å². The number of Topliss-reactive ketones (excluding diaryl/α,β-unsaturated/α-hetero) is 1. The van der Waals surface area contributed by atoms with Crippen molar-refractivity contribution in [1.29, 1.82) is 0 Å². The molecule has 0 saturated heterocycles. The van der Waals surface area contributed by atoms with Crippen LogP contribution in [0, 0.1) is 6.92 Å². The van der Waals surface area contributed by atoms with Crippen molar-refractivity contribution in [2.45, 2.75) is 20.1 Å². The lowest BCUT2D eigenvalue weighted by molar-refractivity contribution is -0.0165. The zero-order valence-electron chi connectivity index (χ0n) is 17.4. The fraction of sp³-hybridized carbons (Fsp3) is 0.160. The molecule has 8 heteroatoms. The Morgan fingerprint density at radius 1 is 1.06 bits per heavy atom. The minimum absolute atomic E-state index is 0.137. The maximum Gasteiger partial charge on any atom is 0.232 e. The van der Waals surface area contributed by atoms with Crippen molar-refractivity contribution in [2.75, 3.05) is 6.79 Å². The first-order valence-corrected chi connectivity index (χ1v) is 11.2. The van der Waals surface area contributed by atoms with E-state index in [1.54, 1.807) is 36.4 Å². The summed E-state index contributed by atoms with van der Waals surface area (Å²) in [6.45, 7) is 2.66. The molecule has 5 rings (SSSR count). The van der Waals surface area contributed by atoms with Gasteiger partial charge in [-0.05, 0) is 54.5 Å². The fourth-order valence-corrected chi connectivity index (χ4v) is 4.38. The van der Waals surface area contributed by atoms with Crippen LogP contribution >= 0.6 is 34.8 Å². The summed E-state index contributed by atoms with van der Waals surface area (Å²) < 4.78 is 22.8. The van der Waals surface area contributed by atoms with Gasteiger partial charge in [-0.3, -0.25) is 4.79 Å². The average molecular weight is 504 g/mol. The van der Waals surface area contributed by atoms with Crippen LogP contribution in [0.15, 0.2) is 48.2 Å². The Morgan fingerprint density at radius 2 is 1.91 bits per heavy atom. The van der Waals surface area contributed by atoms with Gasteiger partial charge in [0, 0.05) is 22.2 Å². The SMILES string of the molecule is Cc1cc(OCc2ccc(Cl)c(Cl)c2)cc2c1C(=O)/C(=C/c1cc(Cl)cc3c1OCOC3)O2. The van der Waals surface area contributed by atoms with Crippen LogP contribution in [0.2, 0.25) is 15.1 Å². The Balaban J connectivity index is 1.41. The van der Waals surface area contributed by atoms with Crippen molar-refractivity contribution in [3.63, 3.8) is 0 Å². The predicted octanol–water partition coefficient (Wildman–Crippen LogP) is 7.02. The van der Waals surface area contributed by atoms with E-state index in [4.69, 9.17) is 53.8 Å². The summed E-state index contributed by atoms with van der Waals surface area (Å²) in [4.78, 5) is 13.1. The molecule has 3 aromatic rings. The maximum absolute atomic E-state index is 13.1. The predicted molar refractivity (Wildman–Crippen MR) is 127 cm³/mol. The number of rotatable bonds is 4. The lowest BCUT2D eigenvalue weighted by Crippen LogP contribution is -2.12. The molecule has 0 aromatic heterocycles. The van der Waals surface area contributed by atoms with Crippen molar-refractivity contribution >= 4 is 46.7 Å². The van der Waals surface area contributed by atoms with Crippen molar-refractivity contribution < 1.29 is 23.7 Å². The molecule has 0 unspecified atom stereocenters. The largest absolute Gasteiger partial charge is 0.489 e. The zero-order valence-corrected chi connectivity index (χ0v) is 19.7. The molecule has 0 atom stereocenters. The molecule has 33 heavy (non-hydrogen) atoms. The molecular formula is C25H17Cl3O5. The first-order chi connectivity index (χ1) is 15.9. The zero-order chi connectivity index (χ0) is 23.1. The average Bonchev–Trinajstić information content (AvgIpc) is 3.10. The molecule has 0 N–H and O–H groups in total. The number of fused-ring (bicyclic) bond motifs is 2. The number of benzene rings is 3. The van der Waals surface area contributed by atoms with Gasteiger partial charge in [0.15, 0.2) is 12.6 Å². The molecule has 0 spiro atoms. The van der Waals surface area contributed by atoms with E-state index in [9.17, 15) is 4.79 Å². The lowest BCUT2D eigenvalue weighted by Gasteiger charge is -2.20. The normalized spacial score (nSPS) is 15.6. The molecule has 0 saturated carbocycles. The highest BCUT2D eigenvalue weighted by atomic mass is 35.5. The van der Waals surface area contributed by atoms with Crippen molar-refractivity contribution in [1.82, 2.24) is 0 Å². The molecule has 2 aliphatic heterocycles. The second-order valence-electron chi connectivity index (χ2n) is 7.68. The van der Waals surface area contributed by atoms with Gasteiger partial charge in [0.1, 0.15) is 23.9 Å². The standard InChI is InChI=1S/C25H17Cl3O5/c1-13-4-18(31-10-14-2-3-19(27)20(28)5-14)9-21-23(13)24(29)22(33-21)8-15-6-17(26)7-16-11-30-12-32-25(15)16/h2-9H,10-12H2,1H3/b22-8-. The lowest BCUT2D eigenvalue weighted by atomic mass is 10.0. The topological polar surface area (TPSA) is 54.0 Å². The number of carbonyl (C=O) groups is 1. The number of ketones is 1. The Bertz CT molecular complexity index is 1320. The minimum atomic E-state index is -0.209. The smallest absolute Gasteiger partial charge is 0.232 e. The molecule has 2 heterocycles. The number of hydrogen-bond acceptors (Lipinski definition) is 5. The molecule has 3 aromatic carbocycles. The van der Waals surface area contributed by atoms with Crippen LogP contribution < -0.4 is 14.2 Å². The number of hydrogen-bond donors (Lipinski definition) is 0. The molecule has 168 valence electrons. The highest BCUT2D eigenvalue weighted by Crippen LogP contribution is 2.40. The van der Waals surface area contributed by atoms with Crippen LogP contribution in [0.5, 0.6) is 17.2 Å². The third-order valence-electron chi connectivity index (χ3n) is 5.32. The van der Waals surface area contributed by atoms with E-state index in [0.717, 1.165) is 16.7 Å². The van der Waals surface area contributed by atoms with E-state index in [0.29, 0.717) is 56.7 Å². The third kappa shape index (κ3) is 4.42. The van der Waals surface area contributed by atoms with E-state index >= 15 is 0 Å². The highest BCUT2D eigenvalue weighted by Gasteiger charge is 2.31. The number of carbonyl (C=O) groups excluding carboxylic acids is 1. The molecule has 0 radical (unpaired) electrons. The van der Waals surface area contributed by atoms with Crippen molar-refractivity contribution in [3.05, 3.63) is 91.1 Å². The monoisotopic (exact) mass is 502 g/mol. The van der Waals surface area contributed by atoms with Crippen LogP contribution in [0.3, 0.4) is 0 Å². The van der Waals surface area contributed by atoms with Crippen LogP contribution in [0.4, 0.5) is 0 Å². The quantitative estimate of drug-likeness (QED) is 0.358. The van der Waals surface area contributed by atoms with Crippen molar-refractivity contribution in [3.8, 4) is 17.2 Å². The molecule has 0 fully saturated rings. The second-order valence-corrected chi connectivity index (χ2v) is 8.93. The number of allylic oxidation sites excluding steroid dienone is 1. The molecule has 0 aliphatic carbocycles. The number of halogens is 3. The van der Waals surface area contributed by atoms with Crippen LogP contribution in [-0.2, 0) is 18.0 Å². The third-order valence-corrected chi connectivity index (χ3v) is 6.28. The van der Waals surface area contributed by atoms with Gasteiger partial charge in [-0.25, -0.2) is 0 Å². The van der Waals surface area contributed by atoms with E-state index in [2.05, 4.69) is 0 Å². The Morgan fingerprint density at radius 3 is 2.73 bits per heavy atom. The van der Waals surface area contributed by atoms with E-state index in [-0.39, 0.29) is 18.3 Å². The summed E-state index contributed by atoms with van der Waals surface area (Å²) in [5, 5.41) is 1.47.